The van der Waals surface area contributed by atoms with E-state index in [9.17, 15) is 14.7 Å². The van der Waals surface area contributed by atoms with Crippen molar-refractivity contribution in [2.45, 2.75) is 33.2 Å². The zero-order valence-corrected chi connectivity index (χ0v) is 12.7. The van der Waals surface area contributed by atoms with Gasteiger partial charge in [-0.05, 0) is 12.8 Å². The Morgan fingerprint density at radius 1 is 1.67 bits per heavy atom. The molecule has 2 unspecified atom stereocenters. The number of hydrogen-bond donors (Lipinski definition) is 2. The van der Waals surface area contributed by atoms with Crippen LogP contribution in [0.15, 0.2) is 11.3 Å². The van der Waals surface area contributed by atoms with Gasteiger partial charge >= 0.3 is 51.4 Å². The van der Waals surface area contributed by atoms with E-state index in [2.05, 4.69) is 5.32 Å². The van der Waals surface area contributed by atoms with E-state index in [4.69, 9.17) is 0 Å². The van der Waals surface area contributed by atoms with Gasteiger partial charge in [-0.1, -0.05) is 20.3 Å². The van der Waals surface area contributed by atoms with Gasteiger partial charge in [-0.15, -0.1) is 0 Å². The Kier molecular flexibility index (Phi) is 6.28. The molecule has 0 aromatic carbocycles. The van der Waals surface area contributed by atoms with Gasteiger partial charge in [-0.2, -0.15) is 0 Å². The number of carbonyl (C=O) groups is 2. The van der Waals surface area contributed by atoms with Crippen molar-refractivity contribution in [1.82, 2.24) is 5.32 Å². The van der Waals surface area contributed by atoms with Crippen molar-refractivity contribution in [2.24, 2.45) is 5.92 Å². The second kappa shape index (κ2) is 6.15. The monoisotopic (exact) mass is 237 g/mol. The number of aliphatic hydroxyl groups excluding tert-OH is 1. The molecule has 5 heteroatoms. The van der Waals surface area contributed by atoms with Crippen LogP contribution in [-0.4, -0.2) is 22.8 Å². The second-order valence-corrected chi connectivity index (χ2v) is 3.65. The molecule has 1 aliphatic rings. The Balaban J connectivity index is 0. The van der Waals surface area contributed by atoms with Gasteiger partial charge < -0.3 is 11.8 Å². The SMILES string of the molecule is CCC(C)C1NC(=O)C(C(C)=O)=C1O.[H-].[K+]. The minimum Gasteiger partial charge on any atom is -1.00 e. The molecule has 0 aromatic heterocycles. The summed E-state index contributed by atoms with van der Waals surface area (Å²) in [5.74, 6) is -0.807. The van der Waals surface area contributed by atoms with Gasteiger partial charge in [-0.25, -0.2) is 0 Å². The average molecular weight is 237 g/mol. The molecule has 0 fully saturated rings. The molecule has 0 saturated carbocycles. The molecule has 1 heterocycles. The number of nitrogens with one attached hydrogen (secondary N) is 1. The third-order valence-electron chi connectivity index (χ3n) is 2.63. The topological polar surface area (TPSA) is 66.4 Å². The van der Waals surface area contributed by atoms with Crippen LogP contribution in [0.2, 0.25) is 0 Å². The Morgan fingerprint density at radius 3 is 2.53 bits per heavy atom. The van der Waals surface area contributed by atoms with Gasteiger partial charge in [0.2, 0.25) is 0 Å². The molecular weight excluding hydrogens is 221 g/mol. The summed E-state index contributed by atoms with van der Waals surface area (Å²) < 4.78 is 0. The molecule has 1 amide bonds. The summed E-state index contributed by atoms with van der Waals surface area (Å²) in [6.45, 7) is 5.17. The first-order chi connectivity index (χ1) is 6.49. The van der Waals surface area contributed by atoms with Gasteiger partial charge in [0.15, 0.2) is 5.78 Å². The summed E-state index contributed by atoms with van der Waals surface area (Å²) in [5.41, 5.74) is -0.0877. The van der Waals surface area contributed by atoms with Gasteiger partial charge in [0.05, 0.1) is 6.04 Å². The Hall–Kier alpha value is 0.316. The summed E-state index contributed by atoms with van der Waals surface area (Å²) in [4.78, 5) is 22.4. The van der Waals surface area contributed by atoms with Crippen LogP contribution in [-0.2, 0) is 9.59 Å². The first-order valence-corrected chi connectivity index (χ1v) is 4.74. The molecule has 0 spiro atoms. The van der Waals surface area contributed by atoms with Crippen LogP contribution in [0.5, 0.6) is 0 Å². The van der Waals surface area contributed by atoms with Crippen LogP contribution in [0.3, 0.4) is 0 Å². The molecule has 0 aromatic rings. The van der Waals surface area contributed by atoms with Crippen LogP contribution < -0.4 is 56.7 Å². The van der Waals surface area contributed by atoms with Crippen LogP contribution in [0.4, 0.5) is 0 Å². The van der Waals surface area contributed by atoms with Gasteiger partial charge in [-0.3, -0.25) is 9.59 Å². The predicted octanol–water partition coefficient (Wildman–Crippen LogP) is -1.95. The van der Waals surface area contributed by atoms with E-state index in [1.165, 1.54) is 6.92 Å². The van der Waals surface area contributed by atoms with E-state index in [1.807, 2.05) is 13.8 Å². The zero-order chi connectivity index (χ0) is 10.9. The van der Waals surface area contributed by atoms with E-state index in [0.717, 1.165) is 6.42 Å². The quantitative estimate of drug-likeness (QED) is 0.443. The van der Waals surface area contributed by atoms with Gasteiger partial charge in [0.25, 0.3) is 5.91 Å². The van der Waals surface area contributed by atoms with Crippen LogP contribution >= 0.6 is 0 Å². The minimum absolute atomic E-state index is 0. The molecule has 0 saturated heterocycles. The molecule has 2 N–H and O–H groups in total. The van der Waals surface area contributed by atoms with Gasteiger partial charge in [0, 0.05) is 0 Å². The first kappa shape index (κ1) is 15.3. The molecule has 15 heavy (non-hydrogen) atoms. The third-order valence-corrected chi connectivity index (χ3v) is 2.63. The van der Waals surface area contributed by atoms with Crippen LogP contribution in [0.25, 0.3) is 0 Å². The maximum atomic E-state index is 11.3. The summed E-state index contributed by atoms with van der Waals surface area (Å²) >= 11 is 0. The summed E-state index contributed by atoms with van der Waals surface area (Å²) in [5, 5.41) is 12.3. The smallest absolute Gasteiger partial charge is 1.00 e. The molecule has 4 nitrogen and oxygen atoms in total. The fourth-order valence-electron chi connectivity index (χ4n) is 1.54. The fourth-order valence-corrected chi connectivity index (χ4v) is 1.54. The van der Waals surface area contributed by atoms with E-state index in [0.29, 0.717) is 0 Å². The molecule has 80 valence electrons. The van der Waals surface area contributed by atoms with Crippen molar-refractivity contribution in [3.63, 3.8) is 0 Å². The summed E-state index contributed by atoms with van der Waals surface area (Å²) in [7, 11) is 0. The molecule has 1 rings (SSSR count). The Morgan fingerprint density at radius 2 is 2.20 bits per heavy atom. The number of Topliss-reactive ketones (excluding diaryl/α,β-unsaturated/α-hetero) is 1. The molecule has 0 bridgehead atoms. The van der Waals surface area contributed by atoms with Crippen molar-refractivity contribution in [3.8, 4) is 0 Å². The van der Waals surface area contributed by atoms with E-state index in [-0.39, 0.29) is 75.8 Å². The largest absolute Gasteiger partial charge is 1.00 e. The number of ketones is 1. The number of rotatable bonds is 3. The second-order valence-electron chi connectivity index (χ2n) is 3.65. The maximum Gasteiger partial charge on any atom is 1.00 e. The normalized spacial score (nSPS) is 22.1. The van der Waals surface area contributed by atoms with E-state index in [1.54, 1.807) is 0 Å². The number of carbonyl (C=O) groups excluding carboxylic acids is 2. The summed E-state index contributed by atoms with van der Waals surface area (Å²) in [6, 6.07) is -0.397. The molecule has 0 radical (unpaired) electrons. The average Bonchev–Trinajstić information content (AvgIpc) is 2.40. The molecule has 2 atom stereocenters. The molecule has 1 aliphatic heterocycles. The van der Waals surface area contributed by atoms with E-state index >= 15 is 0 Å². The Bertz CT molecular complexity index is 317. The van der Waals surface area contributed by atoms with Crippen LogP contribution in [0.1, 0.15) is 28.6 Å². The standard InChI is InChI=1S/C10H15NO3.K.H/c1-4-5(2)8-9(13)7(6(3)12)10(14)11-8;;/h5,8,13H,4H2,1-3H3,(H,11,14);;/q;+1;-1. The van der Waals surface area contributed by atoms with Crippen LogP contribution in [0, 0.1) is 5.92 Å². The summed E-state index contributed by atoms with van der Waals surface area (Å²) in [6.07, 6.45) is 0.834. The maximum absolute atomic E-state index is 11.3. The van der Waals surface area contributed by atoms with E-state index < -0.39 is 11.9 Å². The van der Waals surface area contributed by atoms with Crippen molar-refractivity contribution in [1.29, 1.82) is 0 Å². The number of hydrogen-bond acceptors (Lipinski definition) is 3. The van der Waals surface area contributed by atoms with Crippen molar-refractivity contribution < 1.29 is 67.5 Å². The van der Waals surface area contributed by atoms with Crippen molar-refractivity contribution >= 4 is 11.7 Å². The third kappa shape index (κ3) is 3.14. The fraction of sp³-hybridized carbons (Fsp3) is 0.600. The van der Waals surface area contributed by atoms with Crippen molar-refractivity contribution in [2.75, 3.05) is 0 Å². The molecule has 0 aliphatic carbocycles. The minimum atomic E-state index is -0.458. The number of amides is 1. The first-order valence-electron chi connectivity index (χ1n) is 4.74. The zero-order valence-electron chi connectivity index (χ0n) is 10.6. The van der Waals surface area contributed by atoms with Gasteiger partial charge in [0.1, 0.15) is 11.3 Å². The Labute approximate surface area is 133 Å². The molecular formula is C10H16KNO3. The predicted molar refractivity (Wildman–Crippen MR) is 52.8 cm³/mol. The number of aliphatic hydroxyl groups is 1. The van der Waals surface area contributed by atoms with Crippen molar-refractivity contribution in [3.05, 3.63) is 11.3 Å².